The zero-order valence-corrected chi connectivity index (χ0v) is 17.8. The molecule has 1 aromatic rings. The first-order valence-corrected chi connectivity index (χ1v) is 9.72. The molecule has 0 aromatic heterocycles. The van der Waals surface area contributed by atoms with Crippen LogP contribution in [0.4, 0.5) is 0 Å². The van der Waals surface area contributed by atoms with Gasteiger partial charge in [-0.05, 0) is 56.7 Å². The number of carbonyl (C=O) groups excluding carboxylic acids is 3. The lowest BCUT2D eigenvalue weighted by Gasteiger charge is -2.28. The minimum Gasteiger partial charge on any atom is -0.465 e. The molecule has 0 saturated carbocycles. The summed E-state index contributed by atoms with van der Waals surface area (Å²) >= 11 is 0. The first-order valence-electron chi connectivity index (χ1n) is 9.72. The highest BCUT2D eigenvalue weighted by molar-refractivity contribution is 6.03. The Morgan fingerprint density at radius 2 is 1.50 bits per heavy atom. The maximum Gasteiger partial charge on any atom is 0.324 e. The van der Waals surface area contributed by atoms with Crippen molar-refractivity contribution in [1.82, 2.24) is 0 Å². The van der Waals surface area contributed by atoms with Crippen molar-refractivity contribution in [3.05, 3.63) is 34.9 Å². The normalized spacial score (nSPS) is 11.2. The molecule has 0 amide bonds. The van der Waals surface area contributed by atoms with E-state index < -0.39 is 29.7 Å². The number of carbonyl (C=O) groups is 3. The van der Waals surface area contributed by atoms with Crippen LogP contribution >= 0.6 is 0 Å². The van der Waals surface area contributed by atoms with Gasteiger partial charge in [-0.2, -0.15) is 0 Å². The van der Waals surface area contributed by atoms with Gasteiger partial charge in [0.25, 0.3) is 0 Å². The Labute approximate surface area is 167 Å². The third-order valence-corrected chi connectivity index (χ3v) is 4.43. The molecule has 0 aliphatic carbocycles. The summed E-state index contributed by atoms with van der Waals surface area (Å²) in [7, 11) is 0. The molecule has 0 aliphatic heterocycles. The Kier molecular flexibility index (Phi) is 9.16. The molecule has 0 bridgehead atoms. The molecule has 0 heterocycles. The Morgan fingerprint density at radius 1 is 0.929 bits per heavy atom. The highest BCUT2D eigenvalue weighted by atomic mass is 16.6. The third-order valence-electron chi connectivity index (χ3n) is 4.43. The topological polar surface area (TPSA) is 78.9 Å². The third kappa shape index (κ3) is 6.36. The van der Waals surface area contributed by atoms with E-state index in [0.29, 0.717) is 0 Å². The molecule has 28 heavy (non-hydrogen) atoms. The van der Waals surface area contributed by atoms with Crippen LogP contribution in [-0.2, 0) is 35.0 Å². The van der Waals surface area contributed by atoms with Gasteiger partial charge in [0.15, 0.2) is 5.41 Å². The minimum absolute atomic E-state index is 0.00254. The van der Waals surface area contributed by atoms with Gasteiger partial charge in [0.1, 0.15) is 0 Å². The molecule has 0 spiro atoms. The predicted molar refractivity (Wildman–Crippen MR) is 106 cm³/mol. The minimum atomic E-state index is -1.78. The molecule has 156 valence electrons. The fourth-order valence-electron chi connectivity index (χ4n) is 2.79. The second-order valence-corrected chi connectivity index (χ2v) is 7.37. The molecule has 0 atom stereocenters. The zero-order chi connectivity index (χ0) is 21.3. The van der Waals surface area contributed by atoms with E-state index in [4.69, 9.17) is 14.2 Å². The van der Waals surface area contributed by atoms with Crippen molar-refractivity contribution in [2.45, 2.75) is 54.4 Å². The van der Waals surface area contributed by atoms with Gasteiger partial charge in [-0.1, -0.05) is 32.0 Å². The van der Waals surface area contributed by atoms with Gasteiger partial charge in [0, 0.05) is 0 Å². The second-order valence-electron chi connectivity index (χ2n) is 7.37. The molecular weight excluding hydrogens is 360 g/mol. The van der Waals surface area contributed by atoms with Crippen molar-refractivity contribution in [2.75, 3.05) is 19.8 Å². The first-order chi connectivity index (χ1) is 13.2. The summed E-state index contributed by atoms with van der Waals surface area (Å²) < 4.78 is 15.6. The largest absolute Gasteiger partial charge is 0.465 e. The van der Waals surface area contributed by atoms with Crippen LogP contribution in [0.1, 0.15) is 50.8 Å². The average molecular weight is 392 g/mol. The maximum atomic E-state index is 12.9. The quantitative estimate of drug-likeness (QED) is 0.344. The zero-order valence-electron chi connectivity index (χ0n) is 17.8. The Balaban J connectivity index is 3.32. The SMILES string of the molecule is CCOC(=O)C(CC(=O)OCC(C)C)(Cc1ccc(C)c(C)c1)C(=O)OCC. The van der Waals surface area contributed by atoms with Gasteiger partial charge < -0.3 is 14.2 Å². The molecule has 1 aromatic carbocycles. The Bertz CT molecular complexity index is 674. The number of ether oxygens (including phenoxy) is 3. The van der Waals surface area contributed by atoms with Gasteiger partial charge in [-0.25, -0.2) is 0 Å². The van der Waals surface area contributed by atoms with Crippen LogP contribution in [0.5, 0.6) is 0 Å². The maximum absolute atomic E-state index is 12.9. The lowest BCUT2D eigenvalue weighted by molar-refractivity contribution is -0.177. The van der Waals surface area contributed by atoms with Gasteiger partial charge >= 0.3 is 17.9 Å². The van der Waals surface area contributed by atoms with Gasteiger partial charge in [0.05, 0.1) is 26.2 Å². The van der Waals surface area contributed by atoms with E-state index in [9.17, 15) is 14.4 Å². The van der Waals surface area contributed by atoms with E-state index in [1.54, 1.807) is 13.8 Å². The summed E-state index contributed by atoms with van der Waals surface area (Å²) in [6.45, 7) is 11.4. The van der Waals surface area contributed by atoms with Crippen molar-refractivity contribution in [3.63, 3.8) is 0 Å². The van der Waals surface area contributed by atoms with Crippen LogP contribution in [0.25, 0.3) is 0 Å². The van der Waals surface area contributed by atoms with Crippen molar-refractivity contribution in [2.24, 2.45) is 11.3 Å². The fraction of sp³-hybridized carbons (Fsp3) is 0.591. The molecule has 6 heteroatoms. The molecular formula is C22H32O6. The molecule has 1 rings (SSSR count). The highest BCUT2D eigenvalue weighted by Crippen LogP contribution is 2.32. The van der Waals surface area contributed by atoms with Crippen LogP contribution in [0, 0.1) is 25.2 Å². The van der Waals surface area contributed by atoms with E-state index in [-0.39, 0.29) is 32.2 Å². The smallest absolute Gasteiger partial charge is 0.324 e. The van der Waals surface area contributed by atoms with Gasteiger partial charge in [0.2, 0.25) is 0 Å². The number of hydrogen-bond acceptors (Lipinski definition) is 6. The van der Waals surface area contributed by atoms with Crippen molar-refractivity contribution in [3.8, 4) is 0 Å². The number of benzene rings is 1. The number of rotatable bonds is 10. The van der Waals surface area contributed by atoms with Crippen molar-refractivity contribution >= 4 is 17.9 Å². The Morgan fingerprint density at radius 3 is 1.96 bits per heavy atom. The molecule has 0 N–H and O–H groups in total. The fourth-order valence-corrected chi connectivity index (χ4v) is 2.79. The molecule has 6 nitrogen and oxygen atoms in total. The Hall–Kier alpha value is -2.37. The van der Waals surface area contributed by atoms with Gasteiger partial charge in [-0.15, -0.1) is 0 Å². The van der Waals surface area contributed by atoms with Crippen molar-refractivity contribution < 1.29 is 28.6 Å². The summed E-state index contributed by atoms with van der Waals surface area (Å²) in [5.41, 5.74) is 1.10. The molecule has 0 aliphatic rings. The van der Waals surface area contributed by atoms with E-state index in [1.807, 2.05) is 45.9 Å². The number of esters is 3. The summed E-state index contributed by atoms with van der Waals surface area (Å²) in [6, 6.07) is 5.67. The predicted octanol–water partition coefficient (Wildman–Crippen LogP) is 3.55. The molecule has 0 radical (unpaired) electrons. The lowest BCUT2D eigenvalue weighted by atomic mass is 9.78. The summed E-state index contributed by atoms with van der Waals surface area (Å²) in [4.78, 5) is 38.2. The average Bonchev–Trinajstić information content (AvgIpc) is 2.62. The van der Waals surface area contributed by atoms with Crippen molar-refractivity contribution in [1.29, 1.82) is 0 Å². The summed E-state index contributed by atoms with van der Waals surface area (Å²) in [5.74, 6) is -2.02. The van der Waals surface area contributed by atoms with Crippen LogP contribution in [0.3, 0.4) is 0 Å². The summed E-state index contributed by atoms with van der Waals surface area (Å²) in [6.07, 6.45) is -0.424. The standard InChI is InChI=1S/C22H32O6/c1-7-26-20(24)22(21(25)27-8-2,13-19(23)28-14-15(3)4)12-18-10-9-16(5)17(6)11-18/h9-11,15H,7-8,12-14H2,1-6H3. The number of aryl methyl sites for hydroxylation is 2. The number of hydrogen-bond donors (Lipinski definition) is 0. The molecule has 0 unspecified atom stereocenters. The van der Waals surface area contributed by atoms with E-state index in [0.717, 1.165) is 16.7 Å². The first kappa shape index (κ1) is 23.7. The van der Waals surface area contributed by atoms with Crippen LogP contribution in [0.2, 0.25) is 0 Å². The van der Waals surface area contributed by atoms with Crippen LogP contribution in [0.15, 0.2) is 18.2 Å². The lowest BCUT2D eigenvalue weighted by Crippen LogP contribution is -2.46. The summed E-state index contributed by atoms with van der Waals surface area (Å²) in [5, 5.41) is 0. The van der Waals surface area contributed by atoms with Crippen LogP contribution < -0.4 is 0 Å². The molecule has 0 fully saturated rings. The highest BCUT2D eigenvalue weighted by Gasteiger charge is 2.51. The monoisotopic (exact) mass is 392 g/mol. The molecule has 0 saturated heterocycles. The van der Waals surface area contributed by atoms with E-state index >= 15 is 0 Å². The van der Waals surface area contributed by atoms with E-state index in [1.165, 1.54) is 0 Å². The van der Waals surface area contributed by atoms with E-state index in [2.05, 4.69) is 0 Å². The van der Waals surface area contributed by atoms with Gasteiger partial charge in [-0.3, -0.25) is 14.4 Å². The second kappa shape index (κ2) is 10.8. The van der Waals surface area contributed by atoms with Crippen LogP contribution in [-0.4, -0.2) is 37.7 Å².